The van der Waals surface area contributed by atoms with E-state index in [1.54, 1.807) is 6.07 Å². The van der Waals surface area contributed by atoms with E-state index < -0.39 is 11.6 Å². The summed E-state index contributed by atoms with van der Waals surface area (Å²) in [5, 5.41) is 8.43. The number of methoxy groups -OCH3 is 2. The van der Waals surface area contributed by atoms with E-state index in [0.717, 1.165) is 6.07 Å². The third-order valence-electron chi connectivity index (χ3n) is 1.92. The van der Waals surface area contributed by atoms with Gasteiger partial charge in [0.2, 0.25) is 0 Å². The number of benzene rings is 1. The minimum atomic E-state index is -0.864. The minimum absolute atomic E-state index is 0.140. The van der Waals surface area contributed by atoms with Gasteiger partial charge in [0.1, 0.15) is 0 Å². The molecule has 0 aliphatic heterocycles. The van der Waals surface area contributed by atoms with Crippen LogP contribution in [-0.2, 0) is 6.42 Å². The van der Waals surface area contributed by atoms with E-state index in [2.05, 4.69) is 0 Å². The third kappa shape index (κ3) is 1.99. The van der Waals surface area contributed by atoms with Gasteiger partial charge in [0.05, 0.1) is 26.7 Å². The molecule has 0 bridgehead atoms. The standard InChI is InChI=1S/C10H9F2NO2/c1-14-7-5-8(15-2)10(12)6(3-4-13)9(7)11/h5H,3H2,1-2H3. The van der Waals surface area contributed by atoms with Crippen LogP contribution >= 0.6 is 0 Å². The average Bonchev–Trinajstić information content (AvgIpc) is 2.25. The van der Waals surface area contributed by atoms with Crippen molar-refractivity contribution in [1.82, 2.24) is 0 Å². The van der Waals surface area contributed by atoms with Gasteiger partial charge in [-0.1, -0.05) is 0 Å². The van der Waals surface area contributed by atoms with Crippen molar-refractivity contribution in [2.45, 2.75) is 6.42 Å². The molecule has 0 aliphatic rings. The van der Waals surface area contributed by atoms with Gasteiger partial charge in [-0.05, 0) is 0 Å². The molecule has 0 saturated carbocycles. The number of halogens is 2. The fourth-order valence-corrected chi connectivity index (χ4v) is 1.17. The van der Waals surface area contributed by atoms with Crippen molar-refractivity contribution in [1.29, 1.82) is 5.26 Å². The zero-order valence-electron chi connectivity index (χ0n) is 8.30. The highest BCUT2D eigenvalue weighted by Crippen LogP contribution is 2.31. The summed E-state index contributed by atoms with van der Waals surface area (Å²) in [6.07, 6.45) is -0.370. The van der Waals surface area contributed by atoms with Crippen LogP contribution in [0.4, 0.5) is 8.78 Å². The second-order valence-electron chi connectivity index (χ2n) is 2.72. The lowest BCUT2D eigenvalue weighted by Gasteiger charge is -2.10. The first kappa shape index (κ1) is 11.2. The second kappa shape index (κ2) is 4.60. The molecule has 0 fully saturated rings. The SMILES string of the molecule is COc1cc(OC)c(F)c(CC#N)c1F. The summed E-state index contributed by atoms with van der Waals surface area (Å²) >= 11 is 0. The summed E-state index contributed by atoms with van der Waals surface area (Å²) in [6, 6.07) is 2.78. The molecule has 1 aromatic carbocycles. The van der Waals surface area contributed by atoms with Crippen LogP contribution in [0.5, 0.6) is 11.5 Å². The summed E-state index contributed by atoms with van der Waals surface area (Å²) in [5.41, 5.74) is -0.339. The monoisotopic (exact) mass is 213 g/mol. The zero-order valence-corrected chi connectivity index (χ0v) is 8.30. The molecule has 15 heavy (non-hydrogen) atoms. The molecular weight excluding hydrogens is 204 g/mol. The van der Waals surface area contributed by atoms with Crippen LogP contribution in [0, 0.1) is 23.0 Å². The normalized spacial score (nSPS) is 9.53. The average molecular weight is 213 g/mol. The fraction of sp³-hybridized carbons (Fsp3) is 0.300. The molecule has 0 amide bonds. The highest BCUT2D eigenvalue weighted by molar-refractivity contribution is 5.42. The van der Waals surface area contributed by atoms with Crippen molar-refractivity contribution in [2.24, 2.45) is 0 Å². The Kier molecular flexibility index (Phi) is 3.45. The molecule has 0 radical (unpaired) electrons. The van der Waals surface area contributed by atoms with E-state index >= 15 is 0 Å². The molecule has 0 aliphatic carbocycles. The molecule has 5 heteroatoms. The van der Waals surface area contributed by atoms with Gasteiger partial charge in [-0.15, -0.1) is 0 Å². The van der Waals surface area contributed by atoms with Crippen molar-refractivity contribution in [3.8, 4) is 17.6 Å². The zero-order chi connectivity index (χ0) is 11.4. The van der Waals surface area contributed by atoms with E-state index in [9.17, 15) is 8.78 Å². The number of ether oxygens (including phenoxy) is 2. The Morgan fingerprint density at radius 1 is 1.20 bits per heavy atom. The molecule has 3 nitrogen and oxygen atoms in total. The molecule has 1 rings (SSSR count). The topological polar surface area (TPSA) is 42.2 Å². The Morgan fingerprint density at radius 3 is 2.00 bits per heavy atom. The molecule has 0 unspecified atom stereocenters. The van der Waals surface area contributed by atoms with Crippen LogP contribution in [0.15, 0.2) is 6.07 Å². The summed E-state index contributed by atoms with van der Waals surface area (Å²) in [7, 11) is 2.51. The van der Waals surface area contributed by atoms with Crippen molar-refractivity contribution in [2.75, 3.05) is 14.2 Å². The van der Waals surface area contributed by atoms with Crippen molar-refractivity contribution < 1.29 is 18.3 Å². The molecule has 0 spiro atoms. The quantitative estimate of drug-likeness (QED) is 0.771. The summed E-state index contributed by atoms with van der Waals surface area (Å²) in [4.78, 5) is 0. The van der Waals surface area contributed by atoms with Gasteiger partial charge in [-0.25, -0.2) is 8.78 Å². The van der Waals surface area contributed by atoms with E-state index in [1.807, 2.05) is 0 Å². The lowest BCUT2D eigenvalue weighted by Crippen LogP contribution is -2.01. The third-order valence-corrected chi connectivity index (χ3v) is 1.92. The Morgan fingerprint density at radius 2 is 1.67 bits per heavy atom. The lowest BCUT2D eigenvalue weighted by atomic mass is 10.1. The molecule has 80 valence electrons. The van der Waals surface area contributed by atoms with Crippen LogP contribution < -0.4 is 9.47 Å². The van der Waals surface area contributed by atoms with Crippen LogP contribution in [0.1, 0.15) is 5.56 Å². The number of nitriles is 1. The number of rotatable bonds is 3. The lowest BCUT2D eigenvalue weighted by molar-refractivity contribution is 0.354. The van der Waals surface area contributed by atoms with Gasteiger partial charge in [0.15, 0.2) is 23.1 Å². The maximum atomic E-state index is 13.5. The molecule has 1 aromatic rings. The Hall–Kier alpha value is -1.83. The molecule has 0 aromatic heterocycles. The van der Waals surface area contributed by atoms with Gasteiger partial charge in [0.25, 0.3) is 0 Å². The van der Waals surface area contributed by atoms with Gasteiger partial charge in [-0.2, -0.15) is 5.26 Å². The first-order valence-electron chi connectivity index (χ1n) is 4.11. The van der Waals surface area contributed by atoms with E-state index in [0.29, 0.717) is 0 Å². The van der Waals surface area contributed by atoms with E-state index in [-0.39, 0.29) is 23.5 Å². The summed E-state index contributed by atoms with van der Waals surface area (Å²) in [5.74, 6) is -2.01. The molecule has 0 N–H and O–H groups in total. The van der Waals surface area contributed by atoms with Crippen LogP contribution in [-0.4, -0.2) is 14.2 Å². The Labute approximate surface area is 85.8 Å². The van der Waals surface area contributed by atoms with Crippen molar-refractivity contribution in [3.63, 3.8) is 0 Å². The minimum Gasteiger partial charge on any atom is -0.494 e. The molecule has 0 saturated heterocycles. The van der Waals surface area contributed by atoms with E-state index in [4.69, 9.17) is 14.7 Å². The second-order valence-corrected chi connectivity index (χ2v) is 2.72. The van der Waals surface area contributed by atoms with Crippen molar-refractivity contribution in [3.05, 3.63) is 23.3 Å². The van der Waals surface area contributed by atoms with Crippen LogP contribution in [0.2, 0.25) is 0 Å². The van der Waals surface area contributed by atoms with Crippen molar-refractivity contribution >= 4 is 0 Å². The first-order chi connectivity index (χ1) is 7.15. The Bertz CT molecular complexity index is 385. The maximum Gasteiger partial charge on any atom is 0.172 e. The van der Waals surface area contributed by atoms with Gasteiger partial charge in [-0.3, -0.25) is 0 Å². The molecule has 0 atom stereocenters. The molecular formula is C10H9F2NO2. The number of hydrogen-bond acceptors (Lipinski definition) is 3. The van der Waals surface area contributed by atoms with Crippen LogP contribution in [0.3, 0.4) is 0 Å². The smallest absolute Gasteiger partial charge is 0.172 e. The maximum absolute atomic E-state index is 13.5. The fourth-order valence-electron chi connectivity index (χ4n) is 1.17. The highest BCUT2D eigenvalue weighted by Gasteiger charge is 2.19. The van der Waals surface area contributed by atoms with Gasteiger partial charge in [0, 0.05) is 11.6 Å². The largest absolute Gasteiger partial charge is 0.494 e. The summed E-state index contributed by atoms with van der Waals surface area (Å²) < 4.78 is 36.3. The first-order valence-corrected chi connectivity index (χ1v) is 4.11. The number of nitrogens with zero attached hydrogens (tertiary/aromatic N) is 1. The summed E-state index contributed by atoms with van der Waals surface area (Å²) in [6.45, 7) is 0. The number of hydrogen-bond donors (Lipinski definition) is 0. The van der Waals surface area contributed by atoms with Gasteiger partial charge >= 0.3 is 0 Å². The predicted molar refractivity (Wildman–Crippen MR) is 48.8 cm³/mol. The van der Waals surface area contributed by atoms with Gasteiger partial charge < -0.3 is 9.47 Å². The Balaban J connectivity index is 3.40. The van der Waals surface area contributed by atoms with Crippen LogP contribution in [0.25, 0.3) is 0 Å². The van der Waals surface area contributed by atoms with E-state index in [1.165, 1.54) is 14.2 Å². The highest BCUT2D eigenvalue weighted by atomic mass is 19.1. The predicted octanol–water partition coefficient (Wildman–Crippen LogP) is 2.05. The molecule has 0 heterocycles.